The first-order valence-corrected chi connectivity index (χ1v) is 9.13. The molecule has 1 amide bonds. The lowest BCUT2D eigenvalue weighted by atomic mass is 10.2. The highest BCUT2D eigenvalue weighted by Gasteiger charge is 2.14. The molecule has 2 N–H and O–H groups in total. The molecule has 0 aliphatic carbocycles. The number of nitrogens with one attached hydrogen (secondary N) is 2. The van der Waals surface area contributed by atoms with Gasteiger partial charge >= 0.3 is 0 Å². The van der Waals surface area contributed by atoms with Gasteiger partial charge in [0.1, 0.15) is 5.69 Å². The molecule has 0 aliphatic heterocycles. The Balaban J connectivity index is 1.79. The second-order valence-electron chi connectivity index (χ2n) is 4.72. The first kappa shape index (κ1) is 18.1. The standard InChI is InChI=1S/C14H17N5O3S2/c1-2-8-15-13-17-18-14(24-13)23-9-7-12(20)16-10-5-3-4-6-11(10)19(21)22/h3-6H,2,7-9H2,1H3,(H,15,17)(H,16,20). The monoisotopic (exact) mass is 367 g/mol. The van der Waals surface area contributed by atoms with Crippen LogP contribution in [0.2, 0.25) is 0 Å². The van der Waals surface area contributed by atoms with Crippen LogP contribution in [0.3, 0.4) is 0 Å². The van der Waals surface area contributed by atoms with Crippen LogP contribution in [-0.2, 0) is 4.79 Å². The van der Waals surface area contributed by atoms with Crippen molar-refractivity contribution in [2.75, 3.05) is 22.9 Å². The average molecular weight is 367 g/mol. The minimum absolute atomic E-state index is 0.116. The van der Waals surface area contributed by atoms with Gasteiger partial charge < -0.3 is 10.6 Å². The molecule has 0 fully saturated rings. The summed E-state index contributed by atoms with van der Waals surface area (Å²) in [5, 5.41) is 25.4. The van der Waals surface area contributed by atoms with Crippen LogP contribution in [0.15, 0.2) is 28.6 Å². The van der Waals surface area contributed by atoms with Gasteiger partial charge in [-0.25, -0.2) is 0 Å². The second-order valence-corrected chi connectivity index (χ2v) is 7.04. The van der Waals surface area contributed by atoms with Crippen LogP contribution >= 0.6 is 23.1 Å². The summed E-state index contributed by atoms with van der Waals surface area (Å²) in [5.74, 6) is 0.250. The van der Waals surface area contributed by atoms with Gasteiger partial charge in [-0.05, 0) is 12.5 Å². The average Bonchev–Trinajstić information content (AvgIpc) is 3.01. The highest BCUT2D eigenvalue weighted by atomic mass is 32.2. The fraction of sp³-hybridized carbons (Fsp3) is 0.357. The molecule has 24 heavy (non-hydrogen) atoms. The van der Waals surface area contributed by atoms with Crippen molar-refractivity contribution in [1.82, 2.24) is 10.2 Å². The van der Waals surface area contributed by atoms with E-state index in [1.165, 1.54) is 35.2 Å². The molecule has 128 valence electrons. The number of rotatable bonds is 9. The molecule has 10 heteroatoms. The third-order valence-electron chi connectivity index (χ3n) is 2.86. The Morgan fingerprint density at radius 1 is 1.38 bits per heavy atom. The van der Waals surface area contributed by atoms with E-state index in [9.17, 15) is 14.9 Å². The number of aromatic nitrogens is 2. The normalized spacial score (nSPS) is 10.4. The summed E-state index contributed by atoms with van der Waals surface area (Å²) in [7, 11) is 0. The minimum Gasteiger partial charge on any atom is -0.360 e. The number of anilines is 2. The summed E-state index contributed by atoms with van der Waals surface area (Å²) < 4.78 is 0.784. The zero-order valence-electron chi connectivity index (χ0n) is 13.0. The third-order valence-corrected chi connectivity index (χ3v) is 4.88. The lowest BCUT2D eigenvalue weighted by molar-refractivity contribution is -0.383. The van der Waals surface area contributed by atoms with Crippen molar-refractivity contribution < 1.29 is 9.72 Å². The molecule has 0 saturated carbocycles. The van der Waals surface area contributed by atoms with Gasteiger partial charge in [-0.15, -0.1) is 10.2 Å². The maximum absolute atomic E-state index is 11.9. The fourth-order valence-corrected chi connectivity index (χ4v) is 3.54. The number of carbonyl (C=O) groups is 1. The van der Waals surface area contributed by atoms with Crippen LogP contribution < -0.4 is 10.6 Å². The summed E-state index contributed by atoms with van der Waals surface area (Å²) in [5.41, 5.74) is 0.0914. The number of thioether (sulfide) groups is 1. The van der Waals surface area contributed by atoms with Gasteiger partial charge in [0.2, 0.25) is 11.0 Å². The van der Waals surface area contributed by atoms with E-state index >= 15 is 0 Å². The topological polar surface area (TPSA) is 110 Å². The molecule has 0 aliphatic rings. The summed E-state index contributed by atoms with van der Waals surface area (Å²) >= 11 is 2.88. The number of para-hydroxylation sites is 2. The number of carbonyl (C=O) groups excluding carboxylic acids is 1. The third kappa shape index (κ3) is 5.46. The summed E-state index contributed by atoms with van der Waals surface area (Å²) in [4.78, 5) is 22.3. The van der Waals surface area contributed by atoms with Crippen molar-refractivity contribution in [2.45, 2.75) is 24.1 Å². The van der Waals surface area contributed by atoms with Crippen LogP contribution in [0.4, 0.5) is 16.5 Å². The zero-order valence-corrected chi connectivity index (χ0v) is 14.7. The molecule has 0 saturated heterocycles. The van der Waals surface area contributed by atoms with E-state index in [0.29, 0.717) is 5.75 Å². The molecule has 1 heterocycles. The molecule has 0 atom stereocenters. The van der Waals surface area contributed by atoms with Gasteiger partial charge in [0.25, 0.3) is 5.69 Å². The molecule has 0 unspecified atom stereocenters. The summed E-state index contributed by atoms with van der Waals surface area (Å²) in [6, 6.07) is 6.07. The van der Waals surface area contributed by atoms with Crippen molar-refractivity contribution in [3.8, 4) is 0 Å². The van der Waals surface area contributed by atoms with Gasteiger partial charge in [-0.2, -0.15) is 0 Å². The zero-order chi connectivity index (χ0) is 17.4. The second kappa shape index (κ2) is 9.18. The Morgan fingerprint density at radius 3 is 2.92 bits per heavy atom. The maximum Gasteiger partial charge on any atom is 0.292 e. The van der Waals surface area contributed by atoms with E-state index in [4.69, 9.17) is 0 Å². The van der Waals surface area contributed by atoms with Crippen LogP contribution in [0.1, 0.15) is 19.8 Å². The summed E-state index contributed by atoms with van der Waals surface area (Å²) in [6.45, 7) is 2.91. The SMILES string of the molecule is CCCNc1nnc(SCCC(=O)Nc2ccccc2[N+](=O)[O-])s1. The van der Waals surface area contributed by atoms with Crippen molar-refractivity contribution >= 4 is 45.5 Å². The Labute approximate surface area is 147 Å². The molecule has 1 aromatic carbocycles. The first-order valence-electron chi connectivity index (χ1n) is 7.33. The van der Waals surface area contributed by atoms with Crippen molar-refractivity contribution in [3.63, 3.8) is 0 Å². The Bertz CT molecular complexity index is 707. The minimum atomic E-state index is -0.517. The first-order chi connectivity index (χ1) is 11.6. The Morgan fingerprint density at radius 2 is 2.17 bits per heavy atom. The van der Waals surface area contributed by atoms with Crippen LogP contribution in [0.5, 0.6) is 0 Å². The number of benzene rings is 1. The van der Waals surface area contributed by atoms with E-state index < -0.39 is 4.92 Å². The van der Waals surface area contributed by atoms with Crippen molar-refractivity contribution in [1.29, 1.82) is 0 Å². The molecule has 2 rings (SSSR count). The van der Waals surface area contributed by atoms with Crippen LogP contribution in [0, 0.1) is 10.1 Å². The predicted molar refractivity (Wildman–Crippen MR) is 95.8 cm³/mol. The molecule has 8 nitrogen and oxygen atoms in total. The number of amides is 1. The van der Waals surface area contributed by atoms with Crippen LogP contribution in [-0.4, -0.2) is 33.3 Å². The van der Waals surface area contributed by atoms with Crippen molar-refractivity contribution in [3.05, 3.63) is 34.4 Å². The van der Waals surface area contributed by atoms with E-state index in [1.807, 2.05) is 0 Å². The quantitative estimate of drug-likeness (QED) is 0.397. The smallest absolute Gasteiger partial charge is 0.292 e. The number of nitro groups is 1. The highest BCUT2D eigenvalue weighted by molar-refractivity contribution is 8.01. The Kier molecular flexibility index (Phi) is 6.94. The molecule has 0 radical (unpaired) electrons. The summed E-state index contributed by atoms with van der Waals surface area (Å²) in [6.07, 6.45) is 1.24. The van der Waals surface area contributed by atoms with Gasteiger partial charge in [-0.1, -0.05) is 42.2 Å². The molecular formula is C14H17N5O3S2. The van der Waals surface area contributed by atoms with E-state index in [2.05, 4.69) is 27.8 Å². The maximum atomic E-state index is 11.9. The van der Waals surface area contributed by atoms with Crippen molar-refractivity contribution in [2.24, 2.45) is 0 Å². The van der Waals surface area contributed by atoms with Gasteiger partial charge in [-0.3, -0.25) is 14.9 Å². The van der Waals surface area contributed by atoms with E-state index in [-0.39, 0.29) is 23.7 Å². The lowest BCUT2D eigenvalue weighted by Gasteiger charge is -2.05. The number of hydrogen-bond donors (Lipinski definition) is 2. The molecule has 1 aromatic heterocycles. The predicted octanol–water partition coefficient (Wildman–Crippen LogP) is 3.39. The van der Waals surface area contributed by atoms with E-state index in [0.717, 1.165) is 22.4 Å². The number of nitrogens with zero attached hydrogens (tertiary/aromatic N) is 3. The molecule has 0 spiro atoms. The number of hydrogen-bond acceptors (Lipinski definition) is 8. The lowest BCUT2D eigenvalue weighted by Crippen LogP contribution is -2.13. The fourth-order valence-electron chi connectivity index (χ4n) is 1.75. The molecule has 0 bridgehead atoms. The van der Waals surface area contributed by atoms with Gasteiger partial charge in [0.15, 0.2) is 4.34 Å². The van der Waals surface area contributed by atoms with Gasteiger partial charge in [0.05, 0.1) is 4.92 Å². The Hall–Kier alpha value is -2.20. The number of nitro benzene ring substituents is 1. The largest absolute Gasteiger partial charge is 0.360 e. The van der Waals surface area contributed by atoms with E-state index in [1.54, 1.807) is 12.1 Å². The van der Waals surface area contributed by atoms with Crippen LogP contribution in [0.25, 0.3) is 0 Å². The highest BCUT2D eigenvalue weighted by Crippen LogP contribution is 2.27. The molecular weight excluding hydrogens is 350 g/mol. The molecule has 2 aromatic rings. The van der Waals surface area contributed by atoms with Gasteiger partial charge in [0, 0.05) is 24.8 Å².